The lowest BCUT2D eigenvalue weighted by molar-refractivity contribution is -0.137. The number of nitrogens with zero attached hydrogens (tertiary/aromatic N) is 1. The zero-order valence-corrected chi connectivity index (χ0v) is 11.0. The van der Waals surface area contributed by atoms with E-state index in [4.69, 9.17) is 9.47 Å². The Morgan fingerprint density at radius 3 is 2.63 bits per heavy atom. The second-order valence-electron chi connectivity index (χ2n) is 5.12. The highest BCUT2D eigenvalue weighted by Gasteiger charge is 2.32. The van der Waals surface area contributed by atoms with E-state index >= 15 is 0 Å². The van der Waals surface area contributed by atoms with Gasteiger partial charge in [0.25, 0.3) is 0 Å². The summed E-state index contributed by atoms with van der Waals surface area (Å²) in [7, 11) is 2.07. The number of benzene rings is 1. The third-order valence-electron chi connectivity index (χ3n) is 3.50. The fourth-order valence-corrected chi connectivity index (χ4v) is 2.56. The van der Waals surface area contributed by atoms with Gasteiger partial charge in [0.1, 0.15) is 0 Å². The van der Waals surface area contributed by atoms with E-state index in [0.29, 0.717) is 11.5 Å². The van der Waals surface area contributed by atoms with Crippen LogP contribution in [0.3, 0.4) is 0 Å². The predicted molar refractivity (Wildman–Crippen MR) is 70.1 cm³/mol. The zero-order chi connectivity index (χ0) is 13.2. The molecule has 0 radical (unpaired) electrons. The molecular formula is C14H18N2O3. The van der Waals surface area contributed by atoms with Gasteiger partial charge in [0.05, 0.1) is 0 Å². The van der Waals surface area contributed by atoms with Crippen LogP contribution in [-0.2, 0) is 4.79 Å². The fraction of sp³-hybridized carbons (Fsp3) is 0.500. The van der Waals surface area contributed by atoms with Gasteiger partial charge in [0, 0.05) is 12.6 Å². The van der Waals surface area contributed by atoms with Crippen molar-refractivity contribution >= 4 is 5.91 Å². The summed E-state index contributed by atoms with van der Waals surface area (Å²) in [6.45, 7) is 1.97. The molecule has 1 N–H and O–H groups in total. The molecule has 5 heteroatoms. The average molecular weight is 262 g/mol. The molecule has 1 amide bonds. The van der Waals surface area contributed by atoms with Crippen LogP contribution < -0.4 is 14.8 Å². The van der Waals surface area contributed by atoms with E-state index in [2.05, 4.69) is 17.3 Å². The number of hydrogen-bond donors (Lipinski definition) is 1. The summed E-state index contributed by atoms with van der Waals surface area (Å²) in [6, 6.07) is 7.51. The molecule has 0 spiro atoms. The topological polar surface area (TPSA) is 50.8 Å². The number of likely N-dealkylation sites (N-methyl/N-ethyl adjacent to an activating group) is 1. The number of piperidine rings is 1. The van der Waals surface area contributed by atoms with E-state index in [-0.39, 0.29) is 11.9 Å². The van der Waals surface area contributed by atoms with Crippen LogP contribution in [0.5, 0.6) is 11.5 Å². The van der Waals surface area contributed by atoms with Crippen LogP contribution in [0.1, 0.15) is 12.8 Å². The van der Waals surface area contributed by atoms with Gasteiger partial charge < -0.3 is 19.7 Å². The summed E-state index contributed by atoms with van der Waals surface area (Å²) in [4.78, 5) is 14.3. The molecule has 1 aromatic carbocycles. The minimum Gasteiger partial charge on any atom is -0.442 e. The molecule has 1 fully saturated rings. The van der Waals surface area contributed by atoms with Gasteiger partial charge in [-0.3, -0.25) is 4.79 Å². The molecule has 3 rings (SSSR count). The van der Waals surface area contributed by atoms with E-state index in [1.54, 1.807) is 12.1 Å². The normalized spacial score (nSPS) is 23.3. The smallest absolute Gasteiger partial charge is 0.321 e. The van der Waals surface area contributed by atoms with E-state index in [1.165, 1.54) is 0 Å². The minimum atomic E-state index is -0.857. The van der Waals surface area contributed by atoms with E-state index < -0.39 is 6.29 Å². The van der Waals surface area contributed by atoms with Crippen molar-refractivity contribution in [3.63, 3.8) is 0 Å². The van der Waals surface area contributed by atoms with Gasteiger partial charge >= 0.3 is 12.2 Å². The molecule has 1 saturated heterocycles. The van der Waals surface area contributed by atoms with Gasteiger partial charge in [-0.05, 0) is 38.6 Å². The van der Waals surface area contributed by atoms with Crippen molar-refractivity contribution < 1.29 is 14.3 Å². The van der Waals surface area contributed by atoms with Crippen LogP contribution in [0.4, 0.5) is 0 Å². The largest absolute Gasteiger partial charge is 0.442 e. The molecule has 2 heterocycles. The maximum absolute atomic E-state index is 12.1. The standard InChI is InChI=1S/C14H18N2O3/c1-16-8-4-5-10(9-16)15-13(17)14-18-11-6-2-3-7-12(11)19-14/h2-3,6-7,10,14H,4-5,8-9H2,1H3,(H,15,17). The van der Waals surface area contributed by atoms with Crippen molar-refractivity contribution in [2.24, 2.45) is 0 Å². The minimum absolute atomic E-state index is 0.183. The van der Waals surface area contributed by atoms with Crippen LogP contribution >= 0.6 is 0 Å². The van der Waals surface area contributed by atoms with Gasteiger partial charge in [-0.15, -0.1) is 0 Å². The number of carbonyl (C=O) groups excluding carboxylic acids is 1. The van der Waals surface area contributed by atoms with Crippen molar-refractivity contribution in [3.05, 3.63) is 24.3 Å². The molecule has 2 aliphatic rings. The monoisotopic (exact) mass is 262 g/mol. The molecule has 0 aliphatic carbocycles. The highest BCUT2D eigenvalue weighted by Crippen LogP contribution is 2.33. The maximum atomic E-state index is 12.1. The van der Waals surface area contributed by atoms with Crippen molar-refractivity contribution in [3.8, 4) is 11.5 Å². The summed E-state index contributed by atoms with van der Waals surface area (Å²) in [5.74, 6) is 1.06. The number of para-hydroxylation sites is 2. The molecule has 1 atom stereocenters. The number of likely N-dealkylation sites (tertiary alicyclic amines) is 1. The number of ether oxygens (including phenoxy) is 2. The van der Waals surface area contributed by atoms with Crippen LogP contribution in [-0.4, -0.2) is 43.3 Å². The van der Waals surface area contributed by atoms with Crippen LogP contribution in [0.2, 0.25) is 0 Å². The highest BCUT2D eigenvalue weighted by molar-refractivity contribution is 5.81. The van der Waals surface area contributed by atoms with Crippen LogP contribution in [0.25, 0.3) is 0 Å². The summed E-state index contributed by atoms with van der Waals surface area (Å²) in [5, 5.41) is 3.00. The molecule has 0 bridgehead atoms. The zero-order valence-electron chi connectivity index (χ0n) is 11.0. The van der Waals surface area contributed by atoms with Crippen molar-refractivity contribution in [1.82, 2.24) is 10.2 Å². The maximum Gasteiger partial charge on any atom is 0.321 e. The molecule has 5 nitrogen and oxygen atoms in total. The SMILES string of the molecule is CN1CCCC(NC(=O)C2Oc3ccccc3O2)C1. The number of carbonyl (C=O) groups is 1. The van der Waals surface area contributed by atoms with E-state index in [0.717, 1.165) is 25.9 Å². The van der Waals surface area contributed by atoms with Gasteiger partial charge in [0.2, 0.25) is 0 Å². The molecule has 0 saturated carbocycles. The molecule has 19 heavy (non-hydrogen) atoms. The summed E-state index contributed by atoms with van der Waals surface area (Å²) < 4.78 is 11.0. The lowest BCUT2D eigenvalue weighted by Crippen LogP contribution is -2.50. The molecule has 2 aliphatic heterocycles. The van der Waals surface area contributed by atoms with Gasteiger partial charge in [-0.2, -0.15) is 0 Å². The quantitative estimate of drug-likeness (QED) is 0.863. The Bertz CT molecular complexity index is 453. The second-order valence-corrected chi connectivity index (χ2v) is 5.12. The molecule has 1 unspecified atom stereocenters. The van der Waals surface area contributed by atoms with Gasteiger partial charge in [-0.25, -0.2) is 0 Å². The van der Waals surface area contributed by atoms with Crippen molar-refractivity contribution in [1.29, 1.82) is 0 Å². The Hall–Kier alpha value is -1.75. The summed E-state index contributed by atoms with van der Waals surface area (Å²) in [6.07, 6.45) is 1.26. The first kappa shape index (κ1) is 12.3. The first-order valence-corrected chi connectivity index (χ1v) is 6.63. The van der Waals surface area contributed by atoms with Crippen LogP contribution in [0.15, 0.2) is 24.3 Å². The van der Waals surface area contributed by atoms with Gasteiger partial charge in [-0.1, -0.05) is 12.1 Å². The Labute approximate surface area is 112 Å². The summed E-state index contributed by atoms with van der Waals surface area (Å²) >= 11 is 0. The van der Waals surface area contributed by atoms with Crippen molar-refractivity contribution in [2.45, 2.75) is 25.2 Å². The molecule has 1 aromatic rings. The first-order valence-electron chi connectivity index (χ1n) is 6.63. The molecule has 102 valence electrons. The van der Waals surface area contributed by atoms with Crippen LogP contribution in [0, 0.1) is 0 Å². The lowest BCUT2D eigenvalue weighted by Gasteiger charge is -2.30. The second kappa shape index (κ2) is 5.09. The number of amides is 1. The Morgan fingerprint density at radius 2 is 2.00 bits per heavy atom. The Kier molecular flexibility index (Phi) is 3.29. The summed E-state index contributed by atoms with van der Waals surface area (Å²) in [5.41, 5.74) is 0. The highest BCUT2D eigenvalue weighted by atomic mass is 16.7. The Balaban J connectivity index is 1.58. The number of nitrogens with one attached hydrogen (secondary N) is 1. The predicted octanol–water partition coefficient (Wildman–Crippen LogP) is 0.994. The lowest BCUT2D eigenvalue weighted by atomic mass is 10.1. The third kappa shape index (κ3) is 2.66. The van der Waals surface area contributed by atoms with E-state index in [1.807, 2.05) is 12.1 Å². The number of rotatable bonds is 2. The number of fused-ring (bicyclic) bond motifs is 1. The Morgan fingerprint density at radius 1 is 1.32 bits per heavy atom. The first-order chi connectivity index (χ1) is 9.22. The fourth-order valence-electron chi connectivity index (χ4n) is 2.56. The average Bonchev–Trinajstić information content (AvgIpc) is 2.82. The molecular weight excluding hydrogens is 244 g/mol. The van der Waals surface area contributed by atoms with E-state index in [9.17, 15) is 4.79 Å². The van der Waals surface area contributed by atoms with Crippen molar-refractivity contribution in [2.75, 3.05) is 20.1 Å². The third-order valence-corrected chi connectivity index (χ3v) is 3.50. The number of hydrogen-bond acceptors (Lipinski definition) is 4. The molecule has 0 aromatic heterocycles. The van der Waals surface area contributed by atoms with Gasteiger partial charge in [0.15, 0.2) is 11.5 Å².